The van der Waals surface area contributed by atoms with Crippen molar-refractivity contribution in [1.29, 1.82) is 0 Å². The molecular formula is C20H51N11O2. The average Bonchev–Trinajstić information content (AvgIpc) is 3.20. The Balaban J connectivity index is 0. The molecule has 0 aromatic rings. The number of carbonyl (C=O) groups is 2. The summed E-state index contributed by atoms with van der Waals surface area (Å²) >= 11 is 0. The Morgan fingerprint density at radius 1 is 0.455 bits per heavy atom. The lowest BCUT2D eigenvalue weighted by Gasteiger charge is -2.06. The zero-order valence-electron chi connectivity index (χ0n) is 20.4. The molecule has 2 amide bonds. The van der Waals surface area contributed by atoms with Gasteiger partial charge in [0.15, 0.2) is 0 Å². The third-order valence-corrected chi connectivity index (χ3v) is 4.06. The smallest absolute Gasteiger partial charge is 0.227 e. The highest BCUT2D eigenvalue weighted by atomic mass is 16.2. The van der Waals surface area contributed by atoms with Gasteiger partial charge in [0.25, 0.3) is 0 Å². The highest BCUT2D eigenvalue weighted by Crippen LogP contribution is 1.95. The first-order valence-corrected chi connectivity index (χ1v) is 12.0. The number of hydrogen-bond acceptors (Lipinski definition) is 12. The standard InChI is InChI=1S/2C8H23N5.C4H5NO2/c2*9-1-3-11-5-7-13-8-6-12-4-2-10;6-3-1-2-4(7)5-3/h2*11-13H,1-10H2;1-2H2,(H,5,6,7). The molecule has 198 valence electrons. The molecule has 0 aromatic carbocycles. The number of imide groups is 1. The van der Waals surface area contributed by atoms with Gasteiger partial charge in [-0.2, -0.15) is 0 Å². The van der Waals surface area contributed by atoms with Crippen LogP contribution in [-0.2, 0) is 9.59 Å². The van der Waals surface area contributed by atoms with E-state index >= 15 is 0 Å². The Labute approximate surface area is 199 Å². The Morgan fingerprint density at radius 3 is 0.818 bits per heavy atom. The van der Waals surface area contributed by atoms with Crippen molar-refractivity contribution in [2.45, 2.75) is 12.8 Å². The van der Waals surface area contributed by atoms with Crippen LogP contribution in [0.1, 0.15) is 12.8 Å². The predicted molar refractivity (Wildman–Crippen MR) is 136 cm³/mol. The highest BCUT2D eigenvalue weighted by molar-refractivity contribution is 6.01. The summed E-state index contributed by atoms with van der Waals surface area (Å²) in [5, 5.41) is 21.6. The van der Waals surface area contributed by atoms with Crippen LogP contribution >= 0.6 is 0 Å². The van der Waals surface area contributed by atoms with Gasteiger partial charge < -0.3 is 54.8 Å². The molecule has 1 aliphatic rings. The van der Waals surface area contributed by atoms with Crippen molar-refractivity contribution in [3.05, 3.63) is 0 Å². The second-order valence-electron chi connectivity index (χ2n) is 7.13. The Morgan fingerprint density at radius 2 is 0.667 bits per heavy atom. The fraction of sp³-hybridized carbons (Fsp3) is 0.900. The first kappa shape index (κ1) is 33.9. The van der Waals surface area contributed by atoms with E-state index in [0.29, 0.717) is 39.0 Å². The van der Waals surface area contributed by atoms with E-state index in [1.165, 1.54) is 0 Å². The van der Waals surface area contributed by atoms with E-state index in [2.05, 4.69) is 37.2 Å². The number of rotatable bonds is 20. The quantitative estimate of drug-likeness (QED) is 0.0584. The van der Waals surface area contributed by atoms with Gasteiger partial charge in [0.05, 0.1) is 0 Å². The van der Waals surface area contributed by atoms with E-state index in [4.69, 9.17) is 22.9 Å². The molecule has 0 aromatic heterocycles. The normalized spacial score (nSPS) is 12.6. The monoisotopic (exact) mass is 477 g/mol. The summed E-state index contributed by atoms with van der Waals surface area (Å²) in [6.45, 7) is 14.3. The molecule has 0 radical (unpaired) electrons. The molecule has 1 aliphatic heterocycles. The van der Waals surface area contributed by atoms with Gasteiger partial charge in [0.2, 0.25) is 11.8 Å². The summed E-state index contributed by atoms with van der Waals surface area (Å²) in [6, 6.07) is 0. The van der Waals surface area contributed by atoms with Crippen LogP contribution in [-0.4, -0.2) is 117 Å². The lowest BCUT2D eigenvalue weighted by atomic mass is 10.4. The van der Waals surface area contributed by atoms with Crippen LogP contribution in [0.5, 0.6) is 0 Å². The highest BCUT2D eigenvalue weighted by Gasteiger charge is 2.15. The van der Waals surface area contributed by atoms with E-state index in [1.54, 1.807) is 0 Å². The minimum Gasteiger partial charge on any atom is -0.329 e. The summed E-state index contributed by atoms with van der Waals surface area (Å²) in [4.78, 5) is 20.2. The lowest BCUT2D eigenvalue weighted by molar-refractivity contribution is -0.124. The second kappa shape index (κ2) is 30.7. The van der Waals surface area contributed by atoms with Crippen LogP contribution in [0.2, 0.25) is 0 Å². The first-order chi connectivity index (χ1) is 16.1. The van der Waals surface area contributed by atoms with Crippen LogP contribution in [0.3, 0.4) is 0 Å². The Hall–Kier alpha value is -1.26. The molecule has 0 spiro atoms. The summed E-state index contributed by atoms with van der Waals surface area (Å²) < 4.78 is 0. The molecule has 1 rings (SSSR count). The van der Waals surface area contributed by atoms with Gasteiger partial charge in [-0.1, -0.05) is 0 Å². The predicted octanol–water partition coefficient (Wildman–Crippen LogP) is -5.23. The number of hydrogen-bond donors (Lipinski definition) is 11. The molecule has 1 saturated heterocycles. The van der Waals surface area contributed by atoms with Crippen molar-refractivity contribution in [2.75, 3.05) is 105 Å². The maximum atomic E-state index is 10.1. The van der Waals surface area contributed by atoms with E-state index < -0.39 is 0 Å². The molecule has 1 fully saturated rings. The summed E-state index contributed by atoms with van der Waals surface area (Å²) in [6.07, 6.45) is 0.748. The van der Waals surface area contributed by atoms with Gasteiger partial charge in [0, 0.05) is 118 Å². The van der Waals surface area contributed by atoms with Gasteiger partial charge in [0.1, 0.15) is 0 Å². The molecule has 33 heavy (non-hydrogen) atoms. The van der Waals surface area contributed by atoms with Crippen LogP contribution < -0.4 is 60.2 Å². The van der Waals surface area contributed by atoms with Crippen molar-refractivity contribution in [3.63, 3.8) is 0 Å². The summed E-state index contributed by atoms with van der Waals surface area (Å²) in [7, 11) is 0. The zero-order valence-corrected chi connectivity index (χ0v) is 20.4. The Kier molecular flexibility index (Phi) is 31.6. The second-order valence-corrected chi connectivity index (χ2v) is 7.13. The molecule has 1 heterocycles. The van der Waals surface area contributed by atoms with Gasteiger partial charge >= 0.3 is 0 Å². The number of nitrogens with one attached hydrogen (secondary N) is 7. The summed E-state index contributed by atoms with van der Waals surface area (Å²) in [5.74, 6) is -0.296. The van der Waals surface area contributed by atoms with E-state index in [-0.39, 0.29) is 11.8 Å². The fourth-order valence-electron chi connectivity index (χ4n) is 2.37. The van der Waals surface area contributed by atoms with Gasteiger partial charge in [-0.25, -0.2) is 0 Å². The van der Waals surface area contributed by atoms with Gasteiger partial charge in [-0.05, 0) is 0 Å². The minimum absolute atomic E-state index is 0.148. The van der Waals surface area contributed by atoms with Crippen LogP contribution in [0.4, 0.5) is 0 Å². The maximum absolute atomic E-state index is 10.1. The van der Waals surface area contributed by atoms with Gasteiger partial charge in [-0.15, -0.1) is 0 Å². The largest absolute Gasteiger partial charge is 0.329 e. The molecule has 15 N–H and O–H groups in total. The topological polar surface area (TPSA) is 222 Å². The SMILES string of the molecule is NCCNCCNCCNCCN.NCCNCCNCCNCCN.O=C1CCC(=O)N1. The fourth-order valence-corrected chi connectivity index (χ4v) is 2.37. The number of nitrogens with two attached hydrogens (primary N) is 4. The van der Waals surface area contributed by atoms with Crippen LogP contribution in [0.25, 0.3) is 0 Å². The molecule has 13 nitrogen and oxygen atoms in total. The van der Waals surface area contributed by atoms with E-state index in [9.17, 15) is 9.59 Å². The van der Waals surface area contributed by atoms with Crippen molar-refractivity contribution < 1.29 is 9.59 Å². The van der Waals surface area contributed by atoms with Crippen LogP contribution in [0.15, 0.2) is 0 Å². The third-order valence-electron chi connectivity index (χ3n) is 4.06. The maximum Gasteiger partial charge on any atom is 0.227 e. The minimum atomic E-state index is -0.148. The van der Waals surface area contributed by atoms with Crippen LogP contribution in [0, 0.1) is 0 Å². The van der Waals surface area contributed by atoms with Crippen molar-refractivity contribution in [1.82, 2.24) is 37.2 Å². The molecule has 0 unspecified atom stereocenters. The molecule has 0 bridgehead atoms. The molecule has 0 saturated carbocycles. The number of amides is 2. The van der Waals surface area contributed by atoms with Crippen molar-refractivity contribution in [3.8, 4) is 0 Å². The third kappa shape index (κ3) is 33.0. The van der Waals surface area contributed by atoms with E-state index in [0.717, 1.165) is 78.5 Å². The average molecular weight is 478 g/mol. The molecule has 0 aliphatic carbocycles. The Bertz CT molecular complexity index is 361. The number of carbonyl (C=O) groups excluding carboxylic acids is 2. The summed E-state index contributed by atoms with van der Waals surface area (Å²) in [5.41, 5.74) is 21.3. The first-order valence-electron chi connectivity index (χ1n) is 12.0. The van der Waals surface area contributed by atoms with E-state index in [1.807, 2.05) is 0 Å². The lowest BCUT2D eigenvalue weighted by Crippen LogP contribution is -2.35. The van der Waals surface area contributed by atoms with Crippen molar-refractivity contribution in [2.24, 2.45) is 22.9 Å². The zero-order chi connectivity index (χ0) is 24.8. The molecular weight excluding hydrogens is 426 g/mol. The van der Waals surface area contributed by atoms with Gasteiger partial charge in [-0.3, -0.25) is 14.9 Å². The molecule has 13 heteroatoms. The van der Waals surface area contributed by atoms with Crippen molar-refractivity contribution >= 4 is 11.8 Å². The molecule has 0 atom stereocenters.